The van der Waals surface area contributed by atoms with Crippen molar-refractivity contribution in [3.63, 3.8) is 0 Å². The number of nitrogens with one attached hydrogen (secondary N) is 1. The van der Waals surface area contributed by atoms with E-state index in [0.717, 1.165) is 4.90 Å². The third-order valence-electron chi connectivity index (χ3n) is 7.96. The smallest absolute Gasteiger partial charge is 0.336 e. The summed E-state index contributed by atoms with van der Waals surface area (Å²) in [5.74, 6) is -2.68. The summed E-state index contributed by atoms with van der Waals surface area (Å²) < 4.78 is 5.41. The lowest BCUT2D eigenvalue weighted by Crippen LogP contribution is -2.50. The summed E-state index contributed by atoms with van der Waals surface area (Å²) in [6, 6.07) is 19.1. The van der Waals surface area contributed by atoms with Gasteiger partial charge in [-0.25, -0.2) is 9.69 Å². The highest BCUT2D eigenvalue weighted by Gasteiger charge is 2.39. The number of hydrogen-bond donors (Lipinski definition) is 2. The number of rotatable bonds is 7. The SMILES string of the molecule is CC(=O)N1C(=O)C(=C(Nc2ccc(C(=O)N3CCN(CC(=O)OC(C)(C)C)CC3)cc2)c2ccccc2)c2cc(C)c(C(=O)O)cc21. The van der Waals surface area contributed by atoms with E-state index in [1.807, 2.05) is 56.0 Å². The van der Waals surface area contributed by atoms with Gasteiger partial charge in [-0.3, -0.25) is 24.1 Å². The highest BCUT2D eigenvalue weighted by molar-refractivity contribution is 6.44. The molecule has 11 nitrogen and oxygen atoms in total. The second kappa shape index (κ2) is 13.2. The van der Waals surface area contributed by atoms with E-state index in [1.165, 1.54) is 13.0 Å². The molecule has 47 heavy (non-hydrogen) atoms. The number of piperazine rings is 1. The number of aryl methyl sites for hydroxylation is 1. The first-order valence-electron chi connectivity index (χ1n) is 15.4. The summed E-state index contributed by atoms with van der Waals surface area (Å²) >= 11 is 0. The van der Waals surface area contributed by atoms with Crippen molar-refractivity contribution in [2.45, 2.75) is 40.2 Å². The van der Waals surface area contributed by atoms with E-state index in [-0.39, 0.29) is 35.2 Å². The highest BCUT2D eigenvalue weighted by Crippen LogP contribution is 2.42. The molecule has 3 aromatic carbocycles. The summed E-state index contributed by atoms with van der Waals surface area (Å²) in [6.07, 6.45) is 0. The topological polar surface area (TPSA) is 137 Å². The molecule has 2 N–H and O–H groups in total. The van der Waals surface area contributed by atoms with Crippen LogP contribution in [-0.4, -0.2) is 82.9 Å². The molecular formula is C36H38N4O7. The Labute approximate surface area is 273 Å². The molecule has 244 valence electrons. The molecule has 0 unspecified atom stereocenters. The number of amides is 3. The Hall–Kier alpha value is -5.29. The molecule has 1 saturated heterocycles. The Kier molecular flexibility index (Phi) is 9.30. The number of carboxylic acid groups (broad SMARTS) is 1. The molecule has 3 amide bonds. The fraction of sp³-hybridized carbons (Fsp3) is 0.306. The predicted octanol–water partition coefficient (Wildman–Crippen LogP) is 4.67. The normalized spacial score (nSPS) is 16.1. The molecule has 2 heterocycles. The predicted molar refractivity (Wildman–Crippen MR) is 178 cm³/mol. The molecule has 0 aliphatic carbocycles. The number of hydrogen-bond acceptors (Lipinski definition) is 8. The summed E-state index contributed by atoms with van der Waals surface area (Å²) in [4.78, 5) is 68.6. The van der Waals surface area contributed by atoms with Gasteiger partial charge in [-0.1, -0.05) is 30.3 Å². The number of fused-ring (bicyclic) bond motifs is 1. The average molecular weight is 639 g/mol. The van der Waals surface area contributed by atoms with Crippen LogP contribution in [-0.2, 0) is 19.1 Å². The van der Waals surface area contributed by atoms with Crippen molar-refractivity contribution in [2.75, 3.05) is 42.9 Å². The van der Waals surface area contributed by atoms with Crippen LogP contribution in [0.2, 0.25) is 0 Å². The molecule has 0 spiro atoms. The van der Waals surface area contributed by atoms with Crippen molar-refractivity contribution in [2.24, 2.45) is 0 Å². The zero-order chi connectivity index (χ0) is 34.0. The van der Waals surface area contributed by atoms with Crippen molar-refractivity contribution in [1.29, 1.82) is 0 Å². The average Bonchev–Trinajstić information content (AvgIpc) is 3.29. The number of carboxylic acids is 1. The van der Waals surface area contributed by atoms with Gasteiger partial charge in [0.1, 0.15) is 5.60 Å². The van der Waals surface area contributed by atoms with Crippen LogP contribution >= 0.6 is 0 Å². The standard InChI is InChI=1S/C36H38N4O7/c1-22-19-28-29(20-27(22)35(45)46)40(23(2)41)34(44)31(28)32(24-9-7-6-8-10-24)37-26-13-11-25(12-14-26)33(43)39-17-15-38(16-18-39)21-30(42)47-36(3,4)5/h6-14,19-20,37H,15-18,21H2,1-5H3,(H,45,46). The number of benzene rings is 3. The lowest BCUT2D eigenvalue weighted by atomic mass is 9.96. The van der Waals surface area contributed by atoms with Crippen LogP contribution in [0.3, 0.4) is 0 Å². The van der Waals surface area contributed by atoms with Gasteiger partial charge in [0.2, 0.25) is 5.91 Å². The van der Waals surface area contributed by atoms with Crippen molar-refractivity contribution < 1.29 is 33.8 Å². The minimum Gasteiger partial charge on any atom is -0.478 e. The zero-order valence-electron chi connectivity index (χ0n) is 27.1. The number of esters is 1. The quantitative estimate of drug-likeness (QED) is 0.280. The molecule has 0 saturated carbocycles. The molecule has 3 aromatic rings. The maximum Gasteiger partial charge on any atom is 0.336 e. The van der Waals surface area contributed by atoms with E-state index in [2.05, 4.69) is 5.32 Å². The lowest BCUT2D eigenvalue weighted by Gasteiger charge is -2.34. The molecule has 0 atom stereocenters. The summed E-state index contributed by atoms with van der Waals surface area (Å²) in [5, 5.41) is 13.0. The van der Waals surface area contributed by atoms with Crippen LogP contribution in [0.15, 0.2) is 66.7 Å². The van der Waals surface area contributed by atoms with Gasteiger partial charge in [-0.15, -0.1) is 0 Å². The number of nitrogens with zero attached hydrogens (tertiary/aromatic N) is 3. The number of carbonyl (C=O) groups is 5. The van der Waals surface area contributed by atoms with Crippen LogP contribution in [0, 0.1) is 6.92 Å². The van der Waals surface area contributed by atoms with Gasteiger partial charge in [0.15, 0.2) is 0 Å². The fourth-order valence-corrected chi connectivity index (χ4v) is 5.78. The minimum atomic E-state index is -1.16. The van der Waals surface area contributed by atoms with Gasteiger partial charge in [-0.2, -0.15) is 0 Å². The first kappa shape index (κ1) is 33.1. The number of anilines is 2. The van der Waals surface area contributed by atoms with E-state index in [0.29, 0.717) is 59.8 Å². The lowest BCUT2D eigenvalue weighted by molar-refractivity contribution is -0.156. The molecule has 0 aromatic heterocycles. The summed E-state index contributed by atoms with van der Waals surface area (Å²) in [6.45, 7) is 10.6. The zero-order valence-corrected chi connectivity index (χ0v) is 27.1. The third-order valence-corrected chi connectivity index (χ3v) is 7.96. The molecule has 1 fully saturated rings. The van der Waals surface area contributed by atoms with Crippen LogP contribution in [0.5, 0.6) is 0 Å². The van der Waals surface area contributed by atoms with Gasteiger partial charge in [0.05, 0.1) is 29.1 Å². The molecule has 0 radical (unpaired) electrons. The fourth-order valence-electron chi connectivity index (χ4n) is 5.78. The van der Waals surface area contributed by atoms with Crippen molar-refractivity contribution in [3.05, 3.63) is 94.5 Å². The van der Waals surface area contributed by atoms with Crippen LogP contribution < -0.4 is 10.2 Å². The Balaban J connectivity index is 1.39. The molecule has 2 aliphatic rings. The number of imide groups is 1. The Morgan fingerprint density at radius 2 is 1.53 bits per heavy atom. The second-order valence-corrected chi connectivity index (χ2v) is 12.6. The van der Waals surface area contributed by atoms with Gasteiger partial charge in [-0.05, 0) is 75.2 Å². The minimum absolute atomic E-state index is 0.00276. The molecule has 0 bridgehead atoms. The molecular weight excluding hydrogens is 600 g/mol. The first-order valence-corrected chi connectivity index (χ1v) is 15.4. The van der Waals surface area contributed by atoms with Crippen LogP contribution in [0.1, 0.15) is 65.1 Å². The van der Waals surface area contributed by atoms with E-state index >= 15 is 0 Å². The van der Waals surface area contributed by atoms with Crippen LogP contribution in [0.4, 0.5) is 11.4 Å². The van der Waals surface area contributed by atoms with Gasteiger partial charge >= 0.3 is 11.9 Å². The van der Waals surface area contributed by atoms with E-state index in [9.17, 15) is 29.1 Å². The Bertz CT molecular complexity index is 1770. The summed E-state index contributed by atoms with van der Waals surface area (Å²) in [7, 11) is 0. The van der Waals surface area contributed by atoms with E-state index in [1.54, 1.807) is 42.2 Å². The number of carbonyl (C=O) groups excluding carboxylic acids is 4. The van der Waals surface area contributed by atoms with E-state index in [4.69, 9.17) is 4.74 Å². The Morgan fingerprint density at radius 1 is 0.894 bits per heavy atom. The number of ether oxygens (including phenoxy) is 1. The first-order chi connectivity index (χ1) is 22.2. The maximum atomic E-state index is 13.8. The number of aromatic carboxylic acids is 1. The Morgan fingerprint density at radius 3 is 2.11 bits per heavy atom. The maximum absolute atomic E-state index is 13.8. The third kappa shape index (κ3) is 7.25. The molecule has 5 rings (SSSR count). The van der Waals surface area contributed by atoms with Crippen molar-refractivity contribution in [3.8, 4) is 0 Å². The van der Waals surface area contributed by atoms with E-state index < -0.39 is 23.4 Å². The van der Waals surface area contributed by atoms with Crippen LogP contribution in [0.25, 0.3) is 11.3 Å². The van der Waals surface area contributed by atoms with Gasteiger partial charge in [0.25, 0.3) is 11.8 Å². The van der Waals surface area contributed by atoms with Gasteiger partial charge in [0, 0.05) is 49.9 Å². The summed E-state index contributed by atoms with van der Waals surface area (Å²) in [5.41, 5.74) is 2.99. The molecule has 11 heteroatoms. The highest BCUT2D eigenvalue weighted by atomic mass is 16.6. The largest absolute Gasteiger partial charge is 0.478 e. The molecule has 2 aliphatic heterocycles. The monoisotopic (exact) mass is 638 g/mol. The van der Waals surface area contributed by atoms with Crippen molar-refractivity contribution >= 4 is 52.3 Å². The second-order valence-electron chi connectivity index (χ2n) is 12.6. The van der Waals surface area contributed by atoms with Gasteiger partial charge < -0.3 is 20.1 Å². The van der Waals surface area contributed by atoms with Crippen molar-refractivity contribution in [1.82, 2.24) is 9.80 Å².